The van der Waals surface area contributed by atoms with Crippen molar-refractivity contribution >= 4 is 17.2 Å². The van der Waals surface area contributed by atoms with Gasteiger partial charge in [0.25, 0.3) is 0 Å². The SMILES string of the molecule is CCC(O)c1ccc([C@@H](OCC2CCC(=O)N2)c2cccs2)cc1. The van der Waals surface area contributed by atoms with Crippen molar-refractivity contribution in [1.29, 1.82) is 0 Å². The lowest BCUT2D eigenvalue weighted by Crippen LogP contribution is -2.30. The lowest BCUT2D eigenvalue weighted by molar-refractivity contribution is -0.119. The third kappa shape index (κ3) is 4.04. The Balaban J connectivity index is 1.74. The Hall–Kier alpha value is -1.69. The summed E-state index contributed by atoms with van der Waals surface area (Å²) in [5.74, 6) is 0.106. The zero-order valence-corrected chi connectivity index (χ0v) is 14.6. The summed E-state index contributed by atoms with van der Waals surface area (Å²) in [6.45, 7) is 2.47. The van der Waals surface area contributed by atoms with Crippen LogP contribution in [0.1, 0.15) is 54.4 Å². The van der Waals surface area contributed by atoms with Crippen LogP contribution in [-0.2, 0) is 9.53 Å². The number of thiophene rings is 1. The Bertz CT molecular complexity index is 654. The molecule has 3 rings (SSSR count). The summed E-state index contributed by atoms with van der Waals surface area (Å²) in [6.07, 6.45) is 1.55. The van der Waals surface area contributed by atoms with Gasteiger partial charge >= 0.3 is 0 Å². The molecular formula is C19H23NO3S. The summed E-state index contributed by atoms with van der Waals surface area (Å²) in [5.41, 5.74) is 1.99. The molecule has 5 heteroatoms. The van der Waals surface area contributed by atoms with Gasteiger partial charge in [-0.2, -0.15) is 0 Å². The van der Waals surface area contributed by atoms with Gasteiger partial charge < -0.3 is 15.2 Å². The molecule has 1 aliphatic rings. The number of aliphatic hydroxyl groups excluding tert-OH is 1. The predicted octanol–water partition coefficient (Wildman–Crippen LogP) is 3.58. The molecule has 0 spiro atoms. The lowest BCUT2D eigenvalue weighted by atomic mass is 10.0. The van der Waals surface area contributed by atoms with E-state index in [-0.39, 0.29) is 18.1 Å². The summed E-state index contributed by atoms with van der Waals surface area (Å²) in [4.78, 5) is 12.5. The molecule has 3 atom stereocenters. The Morgan fingerprint density at radius 2 is 2.04 bits per heavy atom. The molecule has 2 N–H and O–H groups in total. The van der Waals surface area contributed by atoms with Crippen molar-refractivity contribution in [2.75, 3.05) is 6.61 Å². The first kappa shape index (κ1) is 17.1. The molecule has 2 unspecified atom stereocenters. The fourth-order valence-electron chi connectivity index (χ4n) is 2.93. The molecule has 0 aliphatic carbocycles. The summed E-state index contributed by atoms with van der Waals surface area (Å²) >= 11 is 1.66. The Kier molecular flexibility index (Phi) is 5.66. The topological polar surface area (TPSA) is 58.6 Å². The smallest absolute Gasteiger partial charge is 0.220 e. The van der Waals surface area contributed by atoms with Crippen molar-refractivity contribution in [3.63, 3.8) is 0 Å². The van der Waals surface area contributed by atoms with Gasteiger partial charge in [0.05, 0.1) is 18.8 Å². The molecule has 1 aromatic carbocycles. The molecule has 0 saturated carbocycles. The summed E-state index contributed by atoms with van der Waals surface area (Å²) < 4.78 is 6.16. The first-order valence-corrected chi connectivity index (χ1v) is 9.27. The van der Waals surface area contributed by atoms with E-state index in [0.717, 1.165) is 22.4 Å². The molecule has 1 aliphatic heterocycles. The molecule has 4 nitrogen and oxygen atoms in total. The summed E-state index contributed by atoms with van der Waals surface area (Å²) in [6, 6.07) is 12.1. The van der Waals surface area contributed by atoms with Crippen LogP contribution in [0.25, 0.3) is 0 Å². The fourth-order valence-corrected chi connectivity index (χ4v) is 3.73. The van der Waals surface area contributed by atoms with Crippen LogP contribution in [0, 0.1) is 0 Å². The van der Waals surface area contributed by atoms with Gasteiger partial charge in [-0.3, -0.25) is 4.79 Å². The third-order valence-corrected chi connectivity index (χ3v) is 5.28. The van der Waals surface area contributed by atoms with Crippen molar-refractivity contribution in [2.24, 2.45) is 0 Å². The van der Waals surface area contributed by atoms with Gasteiger partial charge in [-0.05, 0) is 35.4 Å². The van der Waals surface area contributed by atoms with Crippen LogP contribution in [0.4, 0.5) is 0 Å². The highest BCUT2D eigenvalue weighted by atomic mass is 32.1. The second-order valence-electron chi connectivity index (χ2n) is 6.12. The minimum atomic E-state index is -0.422. The van der Waals surface area contributed by atoms with Crippen LogP contribution >= 0.6 is 11.3 Å². The van der Waals surface area contributed by atoms with Crippen LogP contribution in [0.2, 0.25) is 0 Å². The maximum Gasteiger partial charge on any atom is 0.220 e. The van der Waals surface area contributed by atoms with Gasteiger partial charge in [-0.25, -0.2) is 0 Å². The van der Waals surface area contributed by atoms with Crippen molar-refractivity contribution in [3.8, 4) is 0 Å². The van der Waals surface area contributed by atoms with E-state index in [0.29, 0.717) is 19.4 Å². The number of rotatable bonds is 7. The van der Waals surface area contributed by atoms with Crippen LogP contribution < -0.4 is 5.32 Å². The number of carbonyl (C=O) groups is 1. The quantitative estimate of drug-likeness (QED) is 0.806. The van der Waals surface area contributed by atoms with Crippen LogP contribution in [0.3, 0.4) is 0 Å². The molecule has 1 saturated heterocycles. The number of hydrogen-bond donors (Lipinski definition) is 2. The van der Waals surface area contributed by atoms with Gasteiger partial charge in [0.15, 0.2) is 0 Å². The second-order valence-corrected chi connectivity index (χ2v) is 7.10. The number of benzene rings is 1. The number of amides is 1. The number of aliphatic hydroxyl groups is 1. The van der Waals surface area contributed by atoms with Crippen molar-refractivity contribution in [3.05, 3.63) is 57.8 Å². The summed E-state index contributed by atoms with van der Waals surface area (Å²) in [7, 11) is 0. The highest BCUT2D eigenvalue weighted by Gasteiger charge is 2.24. The Morgan fingerprint density at radius 3 is 2.62 bits per heavy atom. The third-order valence-electron chi connectivity index (χ3n) is 4.36. The van der Waals surface area contributed by atoms with Crippen molar-refractivity contribution < 1.29 is 14.6 Å². The number of nitrogens with one attached hydrogen (secondary N) is 1. The molecule has 24 heavy (non-hydrogen) atoms. The van der Waals surface area contributed by atoms with Gasteiger partial charge in [-0.15, -0.1) is 11.3 Å². The second kappa shape index (κ2) is 7.92. The monoisotopic (exact) mass is 345 g/mol. The maximum absolute atomic E-state index is 11.3. The van der Waals surface area contributed by atoms with Crippen LogP contribution in [0.5, 0.6) is 0 Å². The van der Waals surface area contributed by atoms with Gasteiger partial charge in [0.1, 0.15) is 6.10 Å². The zero-order valence-electron chi connectivity index (χ0n) is 13.8. The maximum atomic E-state index is 11.3. The van der Waals surface area contributed by atoms with Gasteiger partial charge in [0, 0.05) is 11.3 Å². The number of hydrogen-bond acceptors (Lipinski definition) is 4. The van der Waals surface area contributed by atoms with E-state index in [1.807, 2.05) is 42.6 Å². The average molecular weight is 345 g/mol. The number of carbonyl (C=O) groups excluding carboxylic acids is 1. The van der Waals surface area contributed by atoms with Crippen molar-refractivity contribution in [2.45, 2.75) is 44.4 Å². The average Bonchev–Trinajstić information content (AvgIpc) is 3.27. The van der Waals surface area contributed by atoms with E-state index < -0.39 is 6.10 Å². The minimum Gasteiger partial charge on any atom is -0.388 e. The molecule has 0 radical (unpaired) electrons. The van der Waals surface area contributed by atoms with Crippen LogP contribution in [-0.4, -0.2) is 23.7 Å². The van der Waals surface area contributed by atoms with Gasteiger partial charge in [0.2, 0.25) is 5.91 Å². The largest absolute Gasteiger partial charge is 0.388 e. The lowest BCUT2D eigenvalue weighted by Gasteiger charge is -2.20. The van der Waals surface area contributed by atoms with E-state index in [4.69, 9.17) is 4.74 Å². The van der Waals surface area contributed by atoms with Crippen LogP contribution in [0.15, 0.2) is 41.8 Å². The van der Waals surface area contributed by atoms with E-state index in [9.17, 15) is 9.90 Å². The first-order valence-electron chi connectivity index (χ1n) is 8.39. The number of ether oxygens (including phenoxy) is 1. The van der Waals surface area contributed by atoms with E-state index in [1.165, 1.54) is 0 Å². The molecule has 1 amide bonds. The molecule has 1 fully saturated rings. The fraction of sp³-hybridized carbons (Fsp3) is 0.421. The van der Waals surface area contributed by atoms with E-state index in [1.54, 1.807) is 11.3 Å². The van der Waals surface area contributed by atoms with E-state index >= 15 is 0 Å². The molecule has 128 valence electrons. The highest BCUT2D eigenvalue weighted by Crippen LogP contribution is 2.31. The summed E-state index contributed by atoms with van der Waals surface area (Å²) in [5, 5.41) is 14.9. The Labute approximate surface area is 146 Å². The molecular weight excluding hydrogens is 322 g/mol. The van der Waals surface area contributed by atoms with Gasteiger partial charge in [-0.1, -0.05) is 37.3 Å². The molecule has 1 aromatic heterocycles. The zero-order chi connectivity index (χ0) is 16.9. The standard InChI is InChI=1S/C19H23NO3S/c1-2-16(21)13-5-7-14(8-6-13)19(17-4-3-11-24-17)23-12-15-9-10-18(22)20-15/h3-8,11,15-16,19,21H,2,9-10,12H2,1H3,(H,20,22)/t15?,16?,19-/m1/s1. The highest BCUT2D eigenvalue weighted by molar-refractivity contribution is 7.10. The normalized spacial score (nSPS) is 19.9. The molecule has 2 heterocycles. The minimum absolute atomic E-state index is 0.0983. The molecule has 2 aromatic rings. The predicted molar refractivity (Wildman–Crippen MR) is 95.0 cm³/mol. The van der Waals surface area contributed by atoms with Crippen molar-refractivity contribution in [1.82, 2.24) is 5.32 Å². The van der Waals surface area contributed by atoms with E-state index in [2.05, 4.69) is 11.4 Å². The molecule has 0 bridgehead atoms. The first-order chi connectivity index (χ1) is 11.7. The Morgan fingerprint density at radius 1 is 1.29 bits per heavy atom.